The molecule has 1 heteroatoms. The van der Waals surface area contributed by atoms with Crippen molar-refractivity contribution in [3.8, 4) is 0 Å². The summed E-state index contributed by atoms with van der Waals surface area (Å²) in [6.45, 7) is 0. The van der Waals surface area contributed by atoms with Crippen LogP contribution in [0.4, 0.5) is 0 Å². The van der Waals surface area contributed by atoms with Crippen molar-refractivity contribution in [2.24, 2.45) is 0 Å². The van der Waals surface area contributed by atoms with Gasteiger partial charge in [-0.3, -0.25) is 4.98 Å². The minimum Gasteiger partial charge on any atom is -0.260 e. The van der Waals surface area contributed by atoms with Crippen LogP contribution >= 0.6 is 0 Å². The van der Waals surface area contributed by atoms with Crippen LogP contribution in [0, 0.1) is 5.92 Å². The van der Waals surface area contributed by atoms with Crippen molar-refractivity contribution in [1.29, 1.82) is 0 Å². The second-order valence-electron chi connectivity index (χ2n) is 3.48. The third-order valence-electron chi connectivity index (χ3n) is 2.90. The van der Waals surface area contributed by atoms with Gasteiger partial charge in [0.1, 0.15) is 0 Å². The zero-order valence-corrected chi connectivity index (χ0v) is 6.38. The molecule has 2 bridgehead atoms. The van der Waals surface area contributed by atoms with E-state index in [2.05, 4.69) is 17.1 Å². The Kier molecular flexibility index (Phi) is 0.965. The van der Waals surface area contributed by atoms with Crippen molar-refractivity contribution in [3.05, 3.63) is 35.5 Å². The summed E-state index contributed by atoms with van der Waals surface area (Å²) >= 11 is 0. The van der Waals surface area contributed by atoms with Crippen molar-refractivity contribution < 1.29 is 0 Å². The highest BCUT2D eigenvalue weighted by Gasteiger charge is 2.37. The van der Waals surface area contributed by atoms with Gasteiger partial charge in [0.15, 0.2) is 0 Å². The smallest absolute Gasteiger partial charge is 0.0509 e. The lowest BCUT2D eigenvalue weighted by atomic mass is 9.96. The molecule has 0 amide bonds. The van der Waals surface area contributed by atoms with E-state index in [1.165, 1.54) is 30.5 Å². The summed E-state index contributed by atoms with van der Waals surface area (Å²) in [6, 6.07) is 4.29. The van der Waals surface area contributed by atoms with Gasteiger partial charge in [0.25, 0.3) is 0 Å². The molecule has 0 spiro atoms. The van der Waals surface area contributed by atoms with E-state index in [-0.39, 0.29) is 0 Å². The van der Waals surface area contributed by atoms with Gasteiger partial charge in [-0.2, -0.15) is 0 Å². The molecule has 1 fully saturated rings. The van der Waals surface area contributed by atoms with Gasteiger partial charge in [0, 0.05) is 12.1 Å². The number of rotatable bonds is 0. The first kappa shape index (κ1) is 5.76. The molecule has 11 heavy (non-hydrogen) atoms. The highest BCUT2D eigenvalue weighted by atomic mass is 14.7. The van der Waals surface area contributed by atoms with E-state index < -0.39 is 0 Å². The Labute approximate surface area is 66.5 Å². The molecule has 1 radical (unpaired) electrons. The predicted octanol–water partition coefficient (Wildman–Crippen LogP) is 2.29. The third-order valence-corrected chi connectivity index (χ3v) is 2.90. The van der Waals surface area contributed by atoms with Crippen LogP contribution in [0.25, 0.3) is 0 Å². The summed E-state index contributed by atoms with van der Waals surface area (Å²) < 4.78 is 0. The van der Waals surface area contributed by atoms with Crippen LogP contribution < -0.4 is 0 Å². The Morgan fingerprint density at radius 2 is 2.45 bits per heavy atom. The average molecular weight is 144 g/mol. The number of pyridine rings is 1. The fraction of sp³-hybridized carbons (Fsp3) is 0.400. The molecule has 55 valence electrons. The molecular weight excluding hydrogens is 134 g/mol. The lowest BCUT2D eigenvalue weighted by Gasteiger charge is -2.11. The maximum atomic E-state index is 4.40. The van der Waals surface area contributed by atoms with Crippen LogP contribution in [-0.2, 0) is 0 Å². The predicted molar refractivity (Wildman–Crippen MR) is 43.2 cm³/mol. The summed E-state index contributed by atoms with van der Waals surface area (Å²) in [5.41, 5.74) is 2.83. The number of hydrogen-bond acceptors (Lipinski definition) is 1. The van der Waals surface area contributed by atoms with Crippen molar-refractivity contribution in [1.82, 2.24) is 4.98 Å². The van der Waals surface area contributed by atoms with E-state index in [0.29, 0.717) is 0 Å². The topological polar surface area (TPSA) is 12.9 Å². The second kappa shape index (κ2) is 1.84. The van der Waals surface area contributed by atoms with E-state index in [1.807, 2.05) is 6.20 Å². The summed E-state index contributed by atoms with van der Waals surface area (Å²) in [6.07, 6.45) is 5.88. The van der Waals surface area contributed by atoms with Crippen molar-refractivity contribution in [2.75, 3.05) is 0 Å². The zero-order chi connectivity index (χ0) is 7.26. The molecular formula is C10H10N. The summed E-state index contributed by atoms with van der Waals surface area (Å²) in [4.78, 5) is 4.40. The number of fused-ring (bicyclic) bond motifs is 5. The second-order valence-corrected chi connectivity index (χ2v) is 3.48. The Bertz CT molecular complexity index is 264. The van der Waals surface area contributed by atoms with Crippen LogP contribution in [0.2, 0.25) is 0 Å². The summed E-state index contributed by atoms with van der Waals surface area (Å²) in [5, 5.41) is 0. The lowest BCUT2D eigenvalue weighted by molar-refractivity contribution is 0.728. The molecule has 1 heterocycles. The Morgan fingerprint density at radius 3 is 3.36 bits per heavy atom. The quantitative estimate of drug-likeness (QED) is 0.544. The molecule has 2 aliphatic rings. The van der Waals surface area contributed by atoms with Crippen molar-refractivity contribution >= 4 is 0 Å². The molecule has 3 rings (SSSR count). The molecule has 1 aromatic rings. The first-order valence-corrected chi connectivity index (χ1v) is 4.25. The number of nitrogens with zero attached hydrogens (tertiary/aromatic N) is 1. The van der Waals surface area contributed by atoms with Gasteiger partial charge in [0.2, 0.25) is 0 Å². The maximum Gasteiger partial charge on any atom is 0.0509 e. The van der Waals surface area contributed by atoms with E-state index in [1.54, 1.807) is 5.92 Å². The molecule has 1 atom stereocenters. The highest BCUT2D eigenvalue weighted by molar-refractivity contribution is 5.44. The number of aromatic nitrogens is 1. The van der Waals surface area contributed by atoms with Crippen molar-refractivity contribution in [3.63, 3.8) is 0 Å². The van der Waals surface area contributed by atoms with E-state index in [4.69, 9.17) is 0 Å². The van der Waals surface area contributed by atoms with Gasteiger partial charge in [-0.05, 0) is 36.8 Å². The average Bonchev–Trinajstić information content (AvgIpc) is 2.64. The molecule has 1 aromatic heterocycles. The highest BCUT2D eigenvalue weighted by Crippen LogP contribution is 2.50. The van der Waals surface area contributed by atoms with E-state index >= 15 is 0 Å². The SMILES string of the molecule is c1cnc2c(c1)C1CC[C]2C1. The van der Waals surface area contributed by atoms with Crippen LogP contribution in [0.5, 0.6) is 0 Å². The normalized spacial score (nSPS) is 27.5. The summed E-state index contributed by atoms with van der Waals surface area (Å²) in [5.74, 6) is 2.43. The monoisotopic (exact) mass is 144 g/mol. The largest absolute Gasteiger partial charge is 0.260 e. The van der Waals surface area contributed by atoms with Gasteiger partial charge in [0.05, 0.1) is 5.69 Å². The standard InChI is InChI=1S/C10H10N/c1-2-9-7-3-4-8(6-7)10(9)11-5-1/h1-2,5,7H,3-4,6H2. The minimum absolute atomic E-state index is 0.827. The van der Waals surface area contributed by atoms with Crippen LogP contribution in [0.1, 0.15) is 36.4 Å². The molecule has 2 aliphatic carbocycles. The summed E-state index contributed by atoms with van der Waals surface area (Å²) in [7, 11) is 0. The zero-order valence-electron chi connectivity index (χ0n) is 6.38. The molecule has 1 unspecified atom stereocenters. The Morgan fingerprint density at radius 1 is 1.45 bits per heavy atom. The minimum atomic E-state index is 0.827. The molecule has 0 aromatic carbocycles. The van der Waals surface area contributed by atoms with Gasteiger partial charge in [-0.25, -0.2) is 0 Å². The molecule has 0 N–H and O–H groups in total. The molecule has 0 saturated heterocycles. The van der Waals surface area contributed by atoms with Gasteiger partial charge in [-0.1, -0.05) is 6.07 Å². The first-order valence-electron chi connectivity index (χ1n) is 4.25. The van der Waals surface area contributed by atoms with Crippen LogP contribution in [0.3, 0.4) is 0 Å². The van der Waals surface area contributed by atoms with Crippen molar-refractivity contribution in [2.45, 2.75) is 25.2 Å². The van der Waals surface area contributed by atoms with Gasteiger partial charge in [-0.15, -0.1) is 0 Å². The van der Waals surface area contributed by atoms with E-state index in [9.17, 15) is 0 Å². The Balaban J connectivity index is 2.23. The van der Waals surface area contributed by atoms with Crippen LogP contribution in [-0.4, -0.2) is 4.98 Å². The maximum absolute atomic E-state index is 4.40. The molecule has 0 aliphatic heterocycles. The first-order chi connectivity index (χ1) is 5.45. The third kappa shape index (κ3) is 0.635. The lowest BCUT2D eigenvalue weighted by Crippen LogP contribution is -1.99. The fourth-order valence-corrected chi connectivity index (χ4v) is 2.37. The number of hydrogen-bond donors (Lipinski definition) is 0. The fourth-order valence-electron chi connectivity index (χ4n) is 2.37. The van der Waals surface area contributed by atoms with E-state index in [0.717, 1.165) is 5.92 Å². The van der Waals surface area contributed by atoms with Gasteiger partial charge >= 0.3 is 0 Å². The van der Waals surface area contributed by atoms with Gasteiger partial charge < -0.3 is 0 Å². The molecule has 1 saturated carbocycles. The molecule has 1 nitrogen and oxygen atoms in total. The Hall–Kier alpha value is -0.850. The van der Waals surface area contributed by atoms with Crippen LogP contribution in [0.15, 0.2) is 18.3 Å².